The van der Waals surface area contributed by atoms with Crippen LogP contribution in [0.1, 0.15) is 47.6 Å². The van der Waals surface area contributed by atoms with E-state index in [2.05, 4.69) is 0 Å². The molecule has 234 valence electrons. The number of methoxy groups -OCH3 is 1. The lowest BCUT2D eigenvalue weighted by molar-refractivity contribution is -0.132. The predicted molar refractivity (Wildman–Crippen MR) is 167 cm³/mol. The molecule has 1 aromatic heterocycles. The molecular formula is C32H31FN4O7S. The number of imide groups is 1. The van der Waals surface area contributed by atoms with Gasteiger partial charge in [-0.2, -0.15) is 0 Å². The van der Waals surface area contributed by atoms with E-state index in [0.717, 1.165) is 41.1 Å². The number of carboxylic acids is 1. The van der Waals surface area contributed by atoms with Crippen LogP contribution in [0.15, 0.2) is 52.3 Å². The summed E-state index contributed by atoms with van der Waals surface area (Å²) in [5.41, 5.74) is 0.470. The number of ether oxygens (including phenoxy) is 1. The molecule has 0 unspecified atom stereocenters. The van der Waals surface area contributed by atoms with Gasteiger partial charge in [0.2, 0.25) is 11.3 Å². The Kier molecular flexibility index (Phi) is 8.36. The number of hydrogen-bond acceptors (Lipinski definition) is 8. The number of fused-ring (bicyclic) bond motifs is 1. The second-order valence-corrected chi connectivity index (χ2v) is 12.2. The van der Waals surface area contributed by atoms with Crippen LogP contribution < -0.4 is 15.1 Å². The molecule has 3 aromatic rings. The lowest BCUT2D eigenvalue weighted by Gasteiger charge is -2.36. The Labute approximate surface area is 261 Å². The summed E-state index contributed by atoms with van der Waals surface area (Å²) in [7, 11) is 1.56. The molecule has 3 heterocycles. The van der Waals surface area contributed by atoms with Crippen molar-refractivity contribution in [2.75, 3.05) is 44.7 Å². The first-order valence-corrected chi connectivity index (χ1v) is 15.5. The molecule has 0 spiro atoms. The zero-order valence-electron chi connectivity index (χ0n) is 24.5. The van der Waals surface area contributed by atoms with Gasteiger partial charge in [-0.15, -0.1) is 0 Å². The number of amides is 3. The minimum Gasteiger partial charge on any atom is -0.497 e. The van der Waals surface area contributed by atoms with Crippen molar-refractivity contribution in [2.24, 2.45) is 0 Å². The number of halogens is 1. The number of aromatic carboxylic acids is 1. The van der Waals surface area contributed by atoms with Gasteiger partial charge in [-0.05, 0) is 66.9 Å². The topological polar surface area (TPSA) is 129 Å². The third kappa shape index (κ3) is 6.17. The summed E-state index contributed by atoms with van der Waals surface area (Å²) < 4.78 is 22.2. The molecule has 2 aliphatic heterocycles. The number of hydrogen-bond donors (Lipinski definition) is 1. The SMILES string of the molecule is COc1ccc(/C=C2/SC(=O)N(CCCC(=O)N3CCN(c4cc5c(cc4F)c(=O)c(C(=O)O)cn5C4CC4)CC3)C2=O)cc1. The molecule has 1 aliphatic carbocycles. The quantitative estimate of drug-likeness (QED) is 0.342. The first-order valence-electron chi connectivity index (χ1n) is 14.7. The Morgan fingerprint density at radius 1 is 1.07 bits per heavy atom. The Bertz CT molecular complexity index is 1790. The summed E-state index contributed by atoms with van der Waals surface area (Å²) in [6, 6.07) is 9.92. The summed E-state index contributed by atoms with van der Waals surface area (Å²) in [5.74, 6) is -1.78. The van der Waals surface area contributed by atoms with E-state index in [1.807, 2.05) is 4.90 Å². The average molecular weight is 635 g/mol. The maximum absolute atomic E-state index is 15.3. The van der Waals surface area contributed by atoms with Crippen LogP contribution in [-0.4, -0.2) is 82.3 Å². The Morgan fingerprint density at radius 3 is 2.42 bits per heavy atom. The number of piperazine rings is 1. The van der Waals surface area contributed by atoms with Gasteiger partial charge in [-0.1, -0.05) is 12.1 Å². The summed E-state index contributed by atoms with van der Waals surface area (Å²) in [4.78, 5) is 67.7. The normalized spacial score (nSPS) is 17.9. The van der Waals surface area contributed by atoms with Crippen LogP contribution in [0.25, 0.3) is 17.0 Å². The van der Waals surface area contributed by atoms with Gasteiger partial charge < -0.3 is 24.2 Å². The van der Waals surface area contributed by atoms with Crippen LogP contribution in [0.5, 0.6) is 5.75 Å². The fraction of sp³-hybridized carbons (Fsp3) is 0.344. The van der Waals surface area contributed by atoms with E-state index < -0.39 is 17.2 Å². The first-order chi connectivity index (χ1) is 21.6. The largest absolute Gasteiger partial charge is 0.497 e. The van der Waals surface area contributed by atoms with E-state index in [1.165, 1.54) is 6.20 Å². The fourth-order valence-electron chi connectivity index (χ4n) is 5.70. The second kappa shape index (κ2) is 12.4. The minimum absolute atomic E-state index is 0.0357. The third-order valence-electron chi connectivity index (χ3n) is 8.30. The van der Waals surface area contributed by atoms with Gasteiger partial charge in [0.15, 0.2) is 0 Å². The summed E-state index contributed by atoms with van der Waals surface area (Å²) in [6.45, 7) is 1.58. The fourth-order valence-corrected chi connectivity index (χ4v) is 6.56. The smallest absolute Gasteiger partial charge is 0.341 e. The number of aromatic nitrogens is 1. The van der Waals surface area contributed by atoms with Gasteiger partial charge in [-0.3, -0.25) is 24.1 Å². The van der Waals surface area contributed by atoms with E-state index in [-0.39, 0.29) is 47.0 Å². The van der Waals surface area contributed by atoms with Crippen molar-refractivity contribution < 1.29 is 33.4 Å². The number of pyridine rings is 1. The van der Waals surface area contributed by atoms with E-state index in [4.69, 9.17) is 4.74 Å². The molecule has 13 heteroatoms. The Hall–Kier alpha value is -4.65. The van der Waals surface area contributed by atoms with Gasteiger partial charge in [0.1, 0.15) is 17.1 Å². The number of anilines is 1. The molecule has 0 radical (unpaired) electrons. The lowest BCUT2D eigenvalue weighted by atomic mass is 10.1. The van der Waals surface area contributed by atoms with Crippen LogP contribution in [-0.2, 0) is 9.59 Å². The maximum atomic E-state index is 15.3. The zero-order valence-corrected chi connectivity index (χ0v) is 25.3. The number of nitrogens with zero attached hydrogens (tertiary/aromatic N) is 4. The second-order valence-electron chi connectivity index (χ2n) is 11.2. The zero-order chi connectivity index (χ0) is 31.8. The first kappa shape index (κ1) is 30.4. The highest BCUT2D eigenvalue weighted by molar-refractivity contribution is 8.18. The van der Waals surface area contributed by atoms with Crippen molar-refractivity contribution in [3.05, 3.63) is 74.7 Å². The predicted octanol–water partition coefficient (Wildman–Crippen LogP) is 4.35. The van der Waals surface area contributed by atoms with Gasteiger partial charge >= 0.3 is 5.97 Å². The summed E-state index contributed by atoms with van der Waals surface area (Å²) in [5, 5.41) is 9.13. The molecule has 11 nitrogen and oxygen atoms in total. The maximum Gasteiger partial charge on any atom is 0.341 e. The molecule has 3 fully saturated rings. The molecule has 3 aliphatic rings. The van der Waals surface area contributed by atoms with Crippen LogP contribution >= 0.6 is 11.8 Å². The van der Waals surface area contributed by atoms with Gasteiger partial charge in [0.05, 0.1) is 23.2 Å². The number of benzene rings is 2. The standard InChI is InChI=1S/C32H31FN4O7S/c1-44-21-8-4-19(5-9-21)15-27-30(40)36(32(43)45-27)10-2-3-28(38)35-13-11-34(12-14-35)26-17-25-22(16-24(26)33)29(39)23(31(41)42)18-37(25)20-6-7-20/h4-5,8-9,15-18,20H,2-3,6-7,10-14H2,1H3,(H,41,42)/b27-15+. The van der Waals surface area contributed by atoms with E-state index in [1.54, 1.807) is 53.0 Å². The van der Waals surface area contributed by atoms with Gasteiger partial charge in [0, 0.05) is 56.8 Å². The molecule has 2 aromatic carbocycles. The van der Waals surface area contributed by atoms with E-state index in [0.29, 0.717) is 54.5 Å². The number of rotatable bonds is 9. The molecule has 1 N–H and O–H groups in total. The van der Waals surface area contributed by atoms with Crippen molar-refractivity contribution >= 4 is 57.5 Å². The number of thioether (sulfide) groups is 1. The highest BCUT2D eigenvalue weighted by atomic mass is 32.2. The highest BCUT2D eigenvalue weighted by Gasteiger charge is 2.35. The van der Waals surface area contributed by atoms with Crippen molar-refractivity contribution in [2.45, 2.75) is 31.7 Å². The van der Waals surface area contributed by atoms with Crippen molar-refractivity contribution in [3.63, 3.8) is 0 Å². The van der Waals surface area contributed by atoms with Gasteiger partial charge in [0.25, 0.3) is 11.1 Å². The lowest BCUT2D eigenvalue weighted by Crippen LogP contribution is -2.49. The summed E-state index contributed by atoms with van der Waals surface area (Å²) >= 11 is 0.873. The number of carboxylic acid groups (broad SMARTS) is 1. The monoisotopic (exact) mass is 634 g/mol. The van der Waals surface area contributed by atoms with E-state index >= 15 is 4.39 Å². The molecule has 2 saturated heterocycles. The molecule has 0 atom stereocenters. The molecule has 1 saturated carbocycles. The van der Waals surface area contributed by atoms with Crippen LogP contribution in [0.3, 0.4) is 0 Å². The molecule has 45 heavy (non-hydrogen) atoms. The molecule has 3 amide bonds. The Morgan fingerprint density at radius 2 is 1.78 bits per heavy atom. The van der Waals surface area contributed by atoms with Crippen LogP contribution in [0.2, 0.25) is 0 Å². The van der Waals surface area contributed by atoms with Crippen LogP contribution in [0, 0.1) is 5.82 Å². The highest BCUT2D eigenvalue weighted by Crippen LogP contribution is 2.38. The minimum atomic E-state index is -1.34. The van der Waals surface area contributed by atoms with E-state index in [9.17, 15) is 29.1 Å². The molecule has 6 rings (SSSR count). The van der Waals surface area contributed by atoms with Crippen LogP contribution in [0.4, 0.5) is 14.9 Å². The van der Waals surface area contributed by atoms with Crippen molar-refractivity contribution in [1.82, 2.24) is 14.4 Å². The average Bonchev–Trinajstić information content (AvgIpc) is 3.84. The van der Waals surface area contributed by atoms with Crippen molar-refractivity contribution in [1.29, 1.82) is 0 Å². The molecular weight excluding hydrogens is 603 g/mol. The van der Waals surface area contributed by atoms with Gasteiger partial charge in [-0.25, -0.2) is 9.18 Å². The number of carbonyl (C=O) groups is 4. The molecule has 0 bridgehead atoms. The Balaban J connectivity index is 1.05. The third-order valence-corrected chi connectivity index (χ3v) is 9.21. The summed E-state index contributed by atoms with van der Waals surface area (Å²) in [6.07, 6.45) is 5.19. The number of carbonyl (C=O) groups excluding carboxylic acids is 3. The van der Waals surface area contributed by atoms with Crippen molar-refractivity contribution in [3.8, 4) is 5.75 Å².